The summed E-state index contributed by atoms with van der Waals surface area (Å²) in [5.41, 5.74) is 6.51. The van der Waals surface area contributed by atoms with Crippen LogP contribution in [-0.4, -0.2) is 31.0 Å². The Balaban J connectivity index is 2.29. The van der Waals surface area contributed by atoms with E-state index in [1.165, 1.54) is 12.1 Å². The quantitative estimate of drug-likeness (QED) is 0.293. The second-order valence-electron chi connectivity index (χ2n) is 9.91. The van der Waals surface area contributed by atoms with Gasteiger partial charge >= 0.3 is 0 Å². The van der Waals surface area contributed by atoms with Crippen molar-refractivity contribution in [3.63, 3.8) is 0 Å². The summed E-state index contributed by atoms with van der Waals surface area (Å²) in [6.07, 6.45) is 0.531. The van der Waals surface area contributed by atoms with Crippen LogP contribution in [0, 0.1) is 30.0 Å². The average molecular weight is 519 g/mol. The molecule has 2 rings (SSSR count). The number of hydrazine groups is 1. The Morgan fingerprint density at radius 3 is 2.31 bits per heavy atom. The number of carbonyl (C=O) groups excluding carboxylic acids is 2. The lowest BCUT2D eigenvalue weighted by molar-refractivity contribution is -0.123. The number of nitrogens with zero attached hydrogens (tertiary/aromatic N) is 1. The number of benzene rings is 2. The summed E-state index contributed by atoms with van der Waals surface area (Å²) in [6.45, 7) is 11.3. The van der Waals surface area contributed by atoms with Gasteiger partial charge in [-0.1, -0.05) is 32.4 Å². The van der Waals surface area contributed by atoms with E-state index in [1.807, 2.05) is 39.9 Å². The van der Waals surface area contributed by atoms with Crippen molar-refractivity contribution in [2.45, 2.75) is 58.3 Å². The van der Waals surface area contributed by atoms with E-state index in [0.29, 0.717) is 23.2 Å². The molecule has 10 heteroatoms. The lowest BCUT2D eigenvalue weighted by Crippen LogP contribution is -2.52. The van der Waals surface area contributed by atoms with Crippen molar-refractivity contribution < 1.29 is 18.8 Å². The number of nitriles is 1. The van der Waals surface area contributed by atoms with Crippen LogP contribution in [0.5, 0.6) is 0 Å². The van der Waals surface area contributed by atoms with Crippen LogP contribution < -0.4 is 16.2 Å². The van der Waals surface area contributed by atoms with Gasteiger partial charge in [-0.25, -0.2) is 4.39 Å². The first-order chi connectivity index (χ1) is 16.2. The molecule has 2 amide bonds. The van der Waals surface area contributed by atoms with Crippen LogP contribution in [0.25, 0.3) is 0 Å². The molecule has 0 saturated carbocycles. The van der Waals surface area contributed by atoms with Gasteiger partial charge in [0.25, 0.3) is 11.8 Å². The molecule has 4 N–H and O–H groups in total. The summed E-state index contributed by atoms with van der Waals surface area (Å²) in [5, 5.41) is 12.3. The maximum Gasteiger partial charge on any atom is 0.269 e. The van der Waals surface area contributed by atoms with E-state index in [0.717, 1.165) is 12.1 Å². The summed E-state index contributed by atoms with van der Waals surface area (Å²) in [7, 11) is -2.55. The number of carbonyl (C=O) groups is 2. The molecule has 0 saturated heterocycles. The van der Waals surface area contributed by atoms with Gasteiger partial charge in [0.05, 0.1) is 10.6 Å². The molecule has 0 spiro atoms. The Hall–Kier alpha value is -2.93. The summed E-state index contributed by atoms with van der Waals surface area (Å²) in [4.78, 5) is 36.4. The maximum absolute atomic E-state index is 13.2. The molecule has 0 aromatic heterocycles. The fourth-order valence-electron chi connectivity index (χ4n) is 3.60. The fourth-order valence-corrected chi connectivity index (χ4v) is 4.63. The molecule has 2 aromatic rings. The molecule has 35 heavy (non-hydrogen) atoms. The molecular formula is C25H32ClFN4O3Si. The summed E-state index contributed by atoms with van der Waals surface area (Å²) in [6, 6.07) is 9.41. The molecule has 0 unspecified atom stereocenters. The van der Waals surface area contributed by atoms with Gasteiger partial charge in [-0.2, -0.15) is 5.26 Å². The van der Waals surface area contributed by atoms with Crippen LogP contribution in [0.3, 0.4) is 0 Å². The van der Waals surface area contributed by atoms with Crippen LogP contribution in [-0.2, 0) is 4.79 Å². The molecule has 0 bridgehead atoms. The summed E-state index contributed by atoms with van der Waals surface area (Å²) >= 11 is 6.31. The smallest absolute Gasteiger partial charge is 0.269 e. The van der Waals surface area contributed by atoms with Gasteiger partial charge in [0, 0.05) is 11.3 Å². The summed E-state index contributed by atoms with van der Waals surface area (Å²) in [5.74, 6) is -1.83. The molecule has 0 aliphatic carbocycles. The fraction of sp³-hybridized carbons (Fsp3) is 0.400. The number of hydrogen-bond donors (Lipinski definition) is 4. The van der Waals surface area contributed by atoms with Gasteiger partial charge in [-0.3, -0.25) is 20.4 Å². The van der Waals surface area contributed by atoms with Gasteiger partial charge in [-0.15, -0.1) is 0 Å². The number of anilines is 1. The van der Waals surface area contributed by atoms with Crippen LogP contribution >= 0.6 is 11.6 Å². The number of hydrogen-bond acceptors (Lipinski definition) is 5. The first-order valence-corrected chi connectivity index (χ1v) is 14.5. The van der Waals surface area contributed by atoms with E-state index in [1.54, 1.807) is 19.1 Å². The second-order valence-corrected chi connectivity index (χ2v) is 14.8. The molecule has 0 fully saturated rings. The normalized spacial score (nSPS) is 13.4. The van der Waals surface area contributed by atoms with Crippen molar-refractivity contribution in [3.8, 4) is 6.07 Å². The molecule has 0 aliphatic heterocycles. The highest BCUT2D eigenvalue weighted by Gasteiger charge is 2.41. The average Bonchev–Trinajstić information content (AvgIpc) is 2.77. The highest BCUT2D eigenvalue weighted by molar-refractivity contribution is 6.72. The molecule has 7 nitrogen and oxygen atoms in total. The Morgan fingerprint density at radius 2 is 1.77 bits per heavy atom. The molecule has 0 aliphatic rings. The van der Waals surface area contributed by atoms with Gasteiger partial charge in [-0.05, 0) is 79.4 Å². The van der Waals surface area contributed by atoms with Crippen molar-refractivity contribution >= 4 is 37.4 Å². The van der Waals surface area contributed by atoms with Gasteiger partial charge < -0.3 is 10.1 Å². The Kier molecular flexibility index (Phi) is 9.06. The minimum absolute atomic E-state index is 0.188. The SMILES string of the molecule is Cc1c(N[C@@H](C(=O)NNC(=O)c2ccc(F)cc2)[C@@H](C)CC(C)(C)[Si](C)(C)O)ccc(C#N)c1Cl. The van der Waals surface area contributed by atoms with E-state index in [4.69, 9.17) is 11.6 Å². The maximum atomic E-state index is 13.2. The predicted molar refractivity (Wildman–Crippen MR) is 138 cm³/mol. The van der Waals surface area contributed by atoms with Crippen LogP contribution in [0.15, 0.2) is 36.4 Å². The highest BCUT2D eigenvalue weighted by atomic mass is 35.5. The largest absolute Gasteiger partial charge is 0.432 e. The Labute approximate surface area is 211 Å². The predicted octanol–water partition coefficient (Wildman–Crippen LogP) is 4.90. The van der Waals surface area contributed by atoms with Gasteiger partial charge in [0.15, 0.2) is 8.32 Å². The summed E-state index contributed by atoms with van der Waals surface area (Å²) < 4.78 is 13.1. The third kappa shape index (κ3) is 7.04. The minimum atomic E-state index is -2.55. The third-order valence-corrected chi connectivity index (χ3v) is 10.6. The van der Waals surface area contributed by atoms with E-state index < -0.39 is 37.0 Å². The van der Waals surface area contributed by atoms with Crippen molar-refractivity contribution in [3.05, 3.63) is 63.9 Å². The standard InChI is InChI=1S/C25H32ClFN4O3Si/c1-15(13-25(3,4)35(5,6)34)22(29-20-12-9-18(14-28)21(26)16(20)2)24(33)31-30-23(32)17-7-10-19(27)11-8-17/h7-12,15,22,29,34H,13H2,1-6H3,(H,30,32)(H,31,33)/t15-,22+/m0/s1. The first kappa shape index (κ1) is 28.3. The number of amides is 2. The first-order valence-electron chi connectivity index (χ1n) is 11.2. The Morgan fingerprint density at radius 1 is 1.17 bits per heavy atom. The van der Waals surface area contributed by atoms with Gasteiger partial charge in [0.1, 0.15) is 17.9 Å². The van der Waals surface area contributed by atoms with E-state index in [9.17, 15) is 24.0 Å². The van der Waals surface area contributed by atoms with Gasteiger partial charge in [0.2, 0.25) is 0 Å². The molecule has 2 atom stereocenters. The third-order valence-electron chi connectivity index (χ3n) is 6.56. The van der Waals surface area contributed by atoms with E-state index in [2.05, 4.69) is 16.2 Å². The van der Waals surface area contributed by atoms with Crippen molar-refractivity contribution in [2.75, 3.05) is 5.32 Å². The van der Waals surface area contributed by atoms with Crippen LogP contribution in [0.1, 0.15) is 48.7 Å². The Bertz CT molecular complexity index is 1130. The molecule has 0 heterocycles. The monoisotopic (exact) mass is 518 g/mol. The number of halogens is 2. The van der Waals surface area contributed by atoms with E-state index in [-0.39, 0.29) is 16.5 Å². The molecule has 0 radical (unpaired) electrons. The molecule has 2 aromatic carbocycles. The van der Waals surface area contributed by atoms with Crippen LogP contribution in [0.4, 0.5) is 10.1 Å². The van der Waals surface area contributed by atoms with Crippen molar-refractivity contribution in [1.29, 1.82) is 5.26 Å². The topological polar surface area (TPSA) is 114 Å². The van der Waals surface area contributed by atoms with E-state index >= 15 is 0 Å². The lowest BCUT2D eigenvalue weighted by Gasteiger charge is -2.39. The zero-order chi connectivity index (χ0) is 26.6. The zero-order valence-corrected chi connectivity index (χ0v) is 22.5. The minimum Gasteiger partial charge on any atom is -0.432 e. The zero-order valence-electron chi connectivity index (χ0n) is 20.8. The van der Waals surface area contributed by atoms with Crippen molar-refractivity contribution in [1.82, 2.24) is 10.9 Å². The highest BCUT2D eigenvalue weighted by Crippen LogP contribution is 2.42. The molecular weight excluding hydrogens is 487 g/mol. The number of nitrogens with one attached hydrogen (secondary N) is 3. The van der Waals surface area contributed by atoms with Crippen LogP contribution in [0.2, 0.25) is 23.2 Å². The van der Waals surface area contributed by atoms with Crippen molar-refractivity contribution in [2.24, 2.45) is 5.92 Å². The molecule has 188 valence electrons. The lowest BCUT2D eigenvalue weighted by atomic mass is 9.90. The number of rotatable bonds is 8. The second kappa shape index (κ2) is 11.2.